The van der Waals surface area contributed by atoms with Gasteiger partial charge in [0.05, 0.1) is 11.1 Å². The highest BCUT2D eigenvalue weighted by atomic mass is 79.9. The van der Waals surface area contributed by atoms with Crippen molar-refractivity contribution in [2.75, 3.05) is 26.4 Å². The molecule has 0 amide bonds. The zero-order valence-electron chi connectivity index (χ0n) is 16.3. The van der Waals surface area contributed by atoms with Crippen LogP contribution in [0.25, 0.3) is 0 Å². The van der Waals surface area contributed by atoms with Gasteiger partial charge in [0.2, 0.25) is 0 Å². The van der Waals surface area contributed by atoms with Gasteiger partial charge in [-0.25, -0.2) is 4.39 Å². The van der Waals surface area contributed by atoms with E-state index in [9.17, 15) is 4.39 Å². The van der Waals surface area contributed by atoms with Crippen LogP contribution in [0, 0.1) is 5.82 Å². The van der Waals surface area contributed by atoms with Crippen molar-refractivity contribution in [3.8, 4) is 11.5 Å². The first-order valence-electron chi connectivity index (χ1n) is 9.25. The summed E-state index contributed by atoms with van der Waals surface area (Å²) in [4.78, 5) is 0. The summed E-state index contributed by atoms with van der Waals surface area (Å²) in [7, 11) is 0. The molecular formula is C21H28BrClFNO3. The van der Waals surface area contributed by atoms with Crippen LogP contribution >= 0.6 is 28.3 Å². The van der Waals surface area contributed by atoms with Crippen molar-refractivity contribution in [1.82, 2.24) is 5.32 Å². The Balaban J connectivity index is 0.00000392. The van der Waals surface area contributed by atoms with Gasteiger partial charge in [0, 0.05) is 25.3 Å². The lowest BCUT2D eigenvalue weighted by molar-refractivity contribution is 0.144. The summed E-state index contributed by atoms with van der Waals surface area (Å²) >= 11 is 3.56. The summed E-state index contributed by atoms with van der Waals surface area (Å²) in [5.41, 5.74) is 1.59. The van der Waals surface area contributed by atoms with Gasteiger partial charge in [-0.3, -0.25) is 0 Å². The molecule has 1 N–H and O–H groups in total. The first kappa shape index (κ1) is 24.7. The van der Waals surface area contributed by atoms with Crippen LogP contribution in [0.4, 0.5) is 4.39 Å². The van der Waals surface area contributed by atoms with Crippen molar-refractivity contribution in [2.24, 2.45) is 0 Å². The lowest BCUT2D eigenvalue weighted by Crippen LogP contribution is -2.16. The Morgan fingerprint density at radius 3 is 2.57 bits per heavy atom. The van der Waals surface area contributed by atoms with Crippen LogP contribution in [0.2, 0.25) is 0 Å². The van der Waals surface area contributed by atoms with Crippen molar-refractivity contribution >= 4 is 28.3 Å². The van der Waals surface area contributed by atoms with E-state index in [1.54, 1.807) is 18.2 Å². The van der Waals surface area contributed by atoms with E-state index in [2.05, 4.69) is 21.2 Å². The predicted octanol–water partition coefficient (Wildman–Crippen LogP) is 5.50. The third kappa shape index (κ3) is 7.95. The lowest BCUT2D eigenvalue weighted by Gasteiger charge is -2.16. The quantitative estimate of drug-likeness (QED) is 0.410. The summed E-state index contributed by atoms with van der Waals surface area (Å²) in [6.07, 6.45) is 0.969. The van der Waals surface area contributed by atoms with Gasteiger partial charge in [0.25, 0.3) is 0 Å². The molecule has 2 aromatic carbocycles. The molecule has 0 aromatic heterocycles. The molecule has 0 saturated heterocycles. The zero-order chi connectivity index (χ0) is 19.5. The number of rotatable bonds is 12. The topological polar surface area (TPSA) is 39.7 Å². The van der Waals surface area contributed by atoms with Crippen LogP contribution in [0.5, 0.6) is 11.5 Å². The highest BCUT2D eigenvalue weighted by molar-refractivity contribution is 9.10. The van der Waals surface area contributed by atoms with E-state index in [1.807, 2.05) is 26.0 Å². The number of hydrogen-bond acceptors (Lipinski definition) is 4. The molecule has 0 aliphatic carbocycles. The smallest absolute Gasteiger partial charge is 0.175 e. The number of nitrogens with one attached hydrogen (secondary N) is 1. The van der Waals surface area contributed by atoms with E-state index >= 15 is 0 Å². The monoisotopic (exact) mass is 475 g/mol. The van der Waals surface area contributed by atoms with Crippen molar-refractivity contribution in [2.45, 2.75) is 33.4 Å². The average molecular weight is 477 g/mol. The number of ether oxygens (including phenoxy) is 3. The highest BCUT2D eigenvalue weighted by Crippen LogP contribution is 2.37. The maximum Gasteiger partial charge on any atom is 0.175 e. The molecule has 0 heterocycles. The third-order valence-electron chi connectivity index (χ3n) is 3.87. The molecule has 0 fully saturated rings. The van der Waals surface area contributed by atoms with E-state index in [-0.39, 0.29) is 24.8 Å². The van der Waals surface area contributed by atoms with Crippen LogP contribution in [-0.2, 0) is 17.9 Å². The van der Waals surface area contributed by atoms with Gasteiger partial charge in [0.15, 0.2) is 11.5 Å². The minimum atomic E-state index is -0.278. The van der Waals surface area contributed by atoms with Gasteiger partial charge >= 0.3 is 0 Å². The van der Waals surface area contributed by atoms with Gasteiger partial charge in [-0.15, -0.1) is 12.4 Å². The molecular weight excluding hydrogens is 449 g/mol. The fourth-order valence-electron chi connectivity index (χ4n) is 2.57. The van der Waals surface area contributed by atoms with E-state index in [4.69, 9.17) is 14.2 Å². The summed E-state index contributed by atoms with van der Waals surface area (Å²) < 4.78 is 31.5. The molecule has 2 aromatic rings. The standard InChI is InChI=1S/C21H27BrFNO3.ClH/c1-3-25-11-7-10-24-14-16-12-18(22)21(20(13-16)26-4-2)27-15-17-8-5-6-9-19(17)23;/h5-6,8-9,12-13,24H,3-4,7,10-11,14-15H2,1-2H3;1H. The lowest BCUT2D eigenvalue weighted by atomic mass is 10.2. The van der Waals surface area contributed by atoms with E-state index in [0.717, 1.165) is 42.8 Å². The van der Waals surface area contributed by atoms with Crippen LogP contribution < -0.4 is 14.8 Å². The van der Waals surface area contributed by atoms with Crippen molar-refractivity contribution in [1.29, 1.82) is 0 Å². The maximum absolute atomic E-state index is 13.8. The molecule has 0 radical (unpaired) electrons. The van der Waals surface area contributed by atoms with Crippen molar-refractivity contribution in [3.05, 3.63) is 57.8 Å². The molecule has 0 aliphatic heterocycles. The average Bonchev–Trinajstić information content (AvgIpc) is 2.65. The molecule has 0 saturated carbocycles. The van der Waals surface area contributed by atoms with Crippen LogP contribution in [0.15, 0.2) is 40.9 Å². The molecule has 28 heavy (non-hydrogen) atoms. The number of halogens is 3. The van der Waals surface area contributed by atoms with Crippen LogP contribution in [-0.4, -0.2) is 26.4 Å². The zero-order valence-corrected chi connectivity index (χ0v) is 18.7. The maximum atomic E-state index is 13.8. The Hall–Kier alpha value is -1.34. The SMILES string of the molecule is CCOCCCNCc1cc(Br)c(OCc2ccccc2F)c(OCC)c1.Cl. The minimum absolute atomic E-state index is 0. The number of hydrogen-bond donors (Lipinski definition) is 1. The second-order valence-corrected chi connectivity index (χ2v) is 6.80. The summed E-state index contributed by atoms with van der Waals surface area (Å²) in [5, 5.41) is 3.40. The van der Waals surface area contributed by atoms with Crippen LogP contribution in [0.3, 0.4) is 0 Å². The van der Waals surface area contributed by atoms with E-state index < -0.39 is 0 Å². The number of benzene rings is 2. The van der Waals surface area contributed by atoms with E-state index in [1.165, 1.54) is 6.07 Å². The molecule has 7 heteroatoms. The highest BCUT2D eigenvalue weighted by Gasteiger charge is 2.13. The normalized spacial score (nSPS) is 10.4. The molecule has 0 unspecified atom stereocenters. The van der Waals surface area contributed by atoms with Crippen molar-refractivity contribution in [3.63, 3.8) is 0 Å². The fourth-order valence-corrected chi connectivity index (χ4v) is 3.17. The molecule has 0 spiro atoms. The second-order valence-electron chi connectivity index (χ2n) is 5.95. The Morgan fingerprint density at radius 2 is 1.86 bits per heavy atom. The summed E-state index contributed by atoms with van der Waals surface area (Å²) in [5.74, 6) is 0.953. The molecule has 156 valence electrons. The summed E-state index contributed by atoms with van der Waals surface area (Å²) in [6.45, 7) is 7.70. The first-order chi connectivity index (χ1) is 13.2. The molecule has 0 atom stereocenters. The van der Waals surface area contributed by atoms with Gasteiger partial charge < -0.3 is 19.5 Å². The third-order valence-corrected chi connectivity index (χ3v) is 4.46. The van der Waals surface area contributed by atoms with Crippen molar-refractivity contribution < 1.29 is 18.6 Å². The molecule has 0 aliphatic rings. The largest absolute Gasteiger partial charge is 0.490 e. The fraction of sp³-hybridized carbons (Fsp3) is 0.429. The Labute approximate surface area is 181 Å². The second kappa shape index (κ2) is 13.8. The minimum Gasteiger partial charge on any atom is -0.490 e. The Kier molecular flexibility index (Phi) is 12.1. The first-order valence-corrected chi connectivity index (χ1v) is 10.0. The molecule has 0 bridgehead atoms. The molecule has 2 rings (SSSR count). The predicted molar refractivity (Wildman–Crippen MR) is 116 cm³/mol. The Bertz CT molecular complexity index is 718. The van der Waals surface area contributed by atoms with Gasteiger partial charge in [0.1, 0.15) is 12.4 Å². The Morgan fingerprint density at radius 1 is 1.07 bits per heavy atom. The summed E-state index contributed by atoms with van der Waals surface area (Å²) in [6, 6.07) is 10.5. The molecule has 4 nitrogen and oxygen atoms in total. The van der Waals surface area contributed by atoms with Crippen LogP contribution in [0.1, 0.15) is 31.4 Å². The van der Waals surface area contributed by atoms with E-state index in [0.29, 0.717) is 23.7 Å². The van der Waals surface area contributed by atoms with Gasteiger partial charge in [-0.1, -0.05) is 18.2 Å². The van der Waals surface area contributed by atoms with Gasteiger partial charge in [-0.05, 0) is 66.5 Å². The van der Waals surface area contributed by atoms with Gasteiger partial charge in [-0.2, -0.15) is 0 Å².